The Morgan fingerprint density at radius 1 is 1.16 bits per heavy atom. The third kappa shape index (κ3) is 2.64. The Balaban J connectivity index is 1.66. The molecule has 2 bridgehead atoms. The first-order valence-electron chi connectivity index (χ1n) is 9.79. The van der Waals surface area contributed by atoms with E-state index in [1.165, 1.54) is 0 Å². The Morgan fingerprint density at radius 2 is 1.96 bits per heavy atom. The second kappa shape index (κ2) is 6.19. The van der Waals surface area contributed by atoms with Gasteiger partial charge in [0.2, 0.25) is 12.1 Å². The molecule has 0 N–H and O–H groups in total. The molecular weight excluding hydrogens is 324 g/mol. The van der Waals surface area contributed by atoms with Crippen LogP contribution in [0.1, 0.15) is 66.2 Å². The maximum Gasteiger partial charge on any atom is 0.308 e. The van der Waals surface area contributed by atoms with Gasteiger partial charge in [0, 0.05) is 24.7 Å². The van der Waals surface area contributed by atoms with E-state index in [1.54, 1.807) is 0 Å². The summed E-state index contributed by atoms with van der Waals surface area (Å²) in [6.45, 7) is 8.24. The van der Waals surface area contributed by atoms with Gasteiger partial charge >= 0.3 is 5.97 Å². The number of hydrogen-bond donors (Lipinski definition) is 0. The van der Waals surface area contributed by atoms with Gasteiger partial charge in [-0.1, -0.05) is 20.8 Å². The molecule has 0 unspecified atom stereocenters. The van der Waals surface area contributed by atoms with Gasteiger partial charge in [-0.05, 0) is 44.4 Å². The molecule has 5 fully saturated rings. The first-order valence-corrected chi connectivity index (χ1v) is 9.79. The zero-order chi connectivity index (χ0) is 17.8. The number of carbonyl (C=O) groups excluding carboxylic acids is 1. The molecule has 6 heteroatoms. The minimum Gasteiger partial charge on any atom is -0.435 e. The van der Waals surface area contributed by atoms with Crippen molar-refractivity contribution in [3.05, 3.63) is 0 Å². The van der Waals surface area contributed by atoms with Crippen LogP contribution in [-0.4, -0.2) is 29.9 Å². The molecule has 8 atom stereocenters. The fourth-order valence-electron chi connectivity index (χ4n) is 5.40. The normalized spacial score (nSPS) is 51.5. The molecule has 0 aromatic rings. The lowest BCUT2D eigenvalue weighted by molar-refractivity contribution is -0.576. The molecule has 1 aliphatic carbocycles. The number of esters is 1. The molecule has 4 heterocycles. The maximum atomic E-state index is 12.0. The fourth-order valence-corrected chi connectivity index (χ4v) is 5.40. The van der Waals surface area contributed by atoms with Crippen LogP contribution in [0.2, 0.25) is 0 Å². The van der Waals surface area contributed by atoms with E-state index in [0.29, 0.717) is 18.3 Å². The minimum absolute atomic E-state index is 0.0433. The van der Waals surface area contributed by atoms with E-state index in [2.05, 4.69) is 13.8 Å². The van der Waals surface area contributed by atoms with Crippen LogP contribution < -0.4 is 0 Å². The smallest absolute Gasteiger partial charge is 0.308 e. The Bertz CT molecular complexity index is 538. The molecule has 5 aliphatic rings. The third-order valence-corrected chi connectivity index (χ3v) is 6.80. The standard InChI is InChI=1S/C19H30O6/c1-5-6-15(20)21-16-12(3)14-8-7-11(2)13-9-10-18(4)23-17(22-16)19(13,14)25-24-18/h11-14,16-17H,5-10H2,1-4H3/t11-,12-,13+,14+,16-,17-,18-,19-/m1/s1. The molecule has 0 amide bonds. The Hall–Kier alpha value is -0.690. The average Bonchev–Trinajstić information content (AvgIpc) is 2.79. The predicted molar refractivity (Wildman–Crippen MR) is 87.8 cm³/mol. The summed E-state index contributed by atoms with van der Waals surface area (Å²) >= 11 is 0. The molecule has 4 saturated heterocycles. The third-order valence-electron chi connectivity index (χ3n) is 6.80. The second-order valence-corrected chi connectivity index (χ2v) is 8.51. The van der Waals surface area contributed by atoms with E-state index in [0.717, 1.165) is 32.1 Å². The number of rotatable bonds is 3. The van der Waals surface area contributed by atoms with Crippen LogP contribution in [0.3, 0.4) is 0 Å². The van der Waals surface area contributed by atoms with Gasteiger partial charge in [-0.3, -0.25) is 4.79 Å². The number of carbonyl (C=O) groups is 1. The van der Waals surface area contributed by atoms with Crippen LogP contribution in [-0.2, 0) is 28.8 Å². The van der Waals surface area contributed by atoms with Crippen molar-refractivity contribution in [2.24, 2.45) is 23.7 Å². The quantitative estimate of drug-likeness (QED) is 0.571. The molecule has 25 heavy (non-hydrogen) atoms. The van der Waals surface area contributed by atoms with Crippen LogP contribution in [0.15, 0.2) is 0 Å². The summed E-state index contributed by atoms with van der Waals surface area (Å²) < 4.78 is 18.1. The van der Waals surface area contributed by atoms with Crippen molar-refractivity contribution in [1.29, 1.82) is 0 Å². The van der Waals surface area contributed by atoms with Crippen molar-refractivity contribution in [1.82, 2.24) is 0 Å². The lowest BCUT2D eigenvalue weighted by Crippen LogP contribution is -2.70. The van der Waals surface area contributed by atoms with Gasteiger partial charge < -0.3 is 14.2 Å². The van der Waals surface area contributed by atoms with E-state index in [-0.39, 0.29) is 17.8 Å². The van der Waals surface area contributed by atoms with Crippen molar-refractivity contribution in [2.45, 2.75) is 90.2 Å². The zero-order valence-corrected chi connectivity index (χ0v) is 15.7. The highest BCUT2D eigenvalue weighted by molar-refractivity contribution is 5.69. The van der Waals surface area contributed by atoms with Gasteiger partial charge in [0.05, 0.1) is 0 Å². The highest BCUT2D eigenvalue weighted by Crippen LogP contribution is 2.60. The molecule has 1 saturated carbocycles. The van der Waals surface area contributed by atoms with E-state index in [4.69, 9.17) is 24.0 Å². The largest absolute Gasteiger partial charge is 0.435 e. The summed E-state index contributed by atoms with van der Waals surface area (Å²) in [5, 5.41) is 0. The molecule has 0 aromatic heterocycles. The van der Waals surface area contributed by atoms with Crippen LogP contribution in [0.25, 0.3) is 0 Å². The van der Waals surface area contributed by atoms with E-state index < -0.39 is 24.0 Å². The molecule has 0 radical (unpaired) electrons. The van der Waals surface area contributed by atoms with Crippen molar-refractivity contribution in [3.8, 4) is 0 Å². The monoisotopic (exact) mass is 354 g/mol. The van der Waals surface area contributed by atoms with Gasteiger partial charge in [0.1, 0.15) is 0 Å². The highest BCUT2D eigenvalue weighted by atomic mass is 17.3. The Labute approximate surface area is 149 Å². The van der Waals surface area contributed by atoms with E-state index in [9.17, 15) is 4.79 Å². The predicted octanol–water partition coefficient (Wildman–Crippen LogP) is 3.54. The van der Waals surface area contributed by atoms with Crippen LogP contribution in [0.5, 0.6) is 0 Å². The minimum atomic E-state index is -0.796. The topological polar surface area (TPSA) is 63.2 Å². The number of hydrogen-bond acceptors (Lipinski definition) is 6. The summed E-state index contributed by atoms with van der Waals surface area (Å²) in [5.41, 5.74) is -0.596. The van der Waals surface area contributed by atoms with Gasteiger partial charge in [0.15, 0.2) is 11.9 Å². The summed E-state index contributed by atoms with van der Waals surface area (Å²) in [4.78, 5) is 23.9. The van der Waals surface area contributed by atoms with Gasteiger partial charge in [-0.2, -0.15) is 0 Å². The van der Waals surface area contributed by atoms with E-state index in [1.807, 2.05) is 13.8 Å². The van der Waals surface area contributed by atoms with Crippen molar-refractivity contribution < 1.29 is 28.8 Å². The first kappa shape index (κ1) is 17.7. The van der Waals surface area contributed by atoms with Crippen LogP contribution in [0, 0.1) is 23.7 Å². The highest BCUT2D eigenvalue weighted by Gasteiger charge is 2.69. The van der Waals surface area contributed by atoms with Crippen LogP contribution in [0.4, 0.5) is 0 Å². The molecule has 6 nitrogen and oxygen atoms in total. The van der Waals surface area contributed by atoms with Crippen molar-refractivity contribution in [3.63, 3.8) is 0 Å². The summed E-state index contributed by atoms with van der Waals surface area (Å²) in [6, 6.07) is 0. The Kier molecular flexibility index (Phi) is 4.38. The molecule has 0 aromatic carbocycles. The first-order chi connectivity index (χ1) is 11.9. The average molecular weight is 354 g/mol. The number of ether oxygens (including phenoxy) is 3. The zero-order valence-electron chi connectivity index (χ0n) is 15.7. The summed E-state index contributed by atoms with van der Waals surface area (Å²) in [5.74, 6) is 0.0851. The SMILES string of the molecule is CCCC(=O)O[C@@H]1O[C@@H]2O[C@@]3(C)CC[C@H]4[C@H](C)CC[C@@H]([C@H]1C)[C@@]24OO3. The van der Waals surface area contributed by atoms with E-state index >= 15 is 0 Å². The second-order valence-electron chi connectivity index (χ2n) is 8.51. The van der Waals surface area contributed by atoms with Gasteiger partial charge in [0.25, 0.3) is 0 Å². The molecule has 1 spiro atoms. The van der Waals surface area contributed by atoms with Gasteiger partial charge in [-0.15, -0.1) is 0 Å². The summed E-state index contributed by atoms with van der Waals surface area (Å²) in [6.07, 6.45) is 3.97. The fraction of sp³-hybridized carbons (Fsp3) is 0.947. The van der Waals surface area contributed by atoms with Crippen LogP contribution >= 0.6 is 0 Å². The van der Waals surface area contributed by atoms with Crippen molar-refractivity contribution in [2.75, 3.05) is 0 Å². The van der Waals surface area contributed by atoms with Crippen molar-refractivity contribution >= 4 is 5.97 Å². The number of fused-ring (bicyclic) bond motifs is 2. The molecule has 4 aliphatic heterocycles. The lowest BCUT2D eigenvalue weighted by Gasteiger charge is -2.59. The maximum absolute atomic E-state index is 12.0. The molecule has 5 rings (SSSR count). The Morgan fingerprint density at radius 3 is 2.72 bits per heavy atom. The molecular formula is C19H30O6. The lowest BCUT2D eigenvalue weighted by atomic mass is 9.58. The summed E-state index contributed by atoms with van der Waals surface area (Å²) in [7, 11) is 0. The van der Waals surface area contributed by atoms with Gasteiger partial charge in [-0.25, -0.2) is 9.78 Å². The molecule has 142 valence electrons.